The molecule has 0 aromatic heterocycles. The number of benzene rings is 2. The summed E-state index contributed by atoms with van der Waals surface area (Å²) < 4.78 is 10.6. The second-order valence-corrected chi connectivity index (χ2v) is 5.43. The van der Waals surface area contributed by atoms with Gasteiger partial charge in [0.2, 0.25) is 5.91 Å². The van der Waals surface area contributed by atoms with Crippen LogP contribution in [0.2, 0.25) is 0 Å². The van der Waals surface area contributed by atoms with Crippen LogP contribution in [0, 0.1) is 0 Å². The Morgan fingerprint density at radius 2 is 1.86 bits per heavy atom. The molecule has 0 heterocycles. The number of ether oxygens (including phenoxy) is 2. The van der Waals surface area contributed by atoms with Crippen molar-refractivity contribution in [2.24, 2.45) is 0 Å². The molecule has 1 amide bonds. The van der Waals surface area contributed by atoms with E-state index in [1.54, 1.807) is 18.9 Å². The number of carbonyl (C=O) groups excluding carboxylic acids is 1. The van der Waals surface area contributed by atoms with Crippen LogP contribution in [0.1, 0.15) is 6.42 Å². The Kier molecular flexibility index (Phi) is 6.15. The Morgan fingerprint density at radius 3 is 2.55 bits per heavy atom. The van der Waals surface area contributed by atoms with Gasteiger partial charge in [0.25, 0.3) is 0 Å². The molecule has 0 aliphatic rings. The molecule has 0 unspecified atom stereocenters. The molecule has 22 heavy (non-hydrogen) atoms. The lowest BCUT2D eigenvalue weighted by molar-refractivity contribution is -0.116. The van der Waals surface area contributed by atoms with Crippen molar-refractivity contribution in [1.82, 2.24) is 0 Å². The third-order valence-electron chi connectivity index (χ3n) is 3.01. The van der Waals surface area contributed by atoms with Crippen LogP contribution in [-0.4, -0.2) is 25.9 Å². The van der Waals surface area contributed by atoms with Crippen LogP contribution in [0.3, 0.4) is 0 Å². The predicted molar refractivity (Wildman–Crippen MR) is 90.0 cm³/mol. The maximum absolute atomic E-state index is 11.9. The van der Waals surface area contributed by atoms with Gasteiger partial charge in [-0.1, -0.05) is 6.07 Å². The molecule has 2 aromatic carbocycles. The predicted octanol–water partition coefficient (Wildman–Crippen LogP) is 3.82. The zero-order chi connectivity index (χ0) is 15.8. The summed E-state index contributed by atoms with van der Waals surface area (Å²) in [7, 11) is 1.62. The van der Waals surface area contributed by atoms with E-state index in [9.17, 15) is 4.79 Å². The summed E-state index contributed by atoms with van der Waals surface area (Å²) in [6, 6.07) is 15.0. The maximum Gasteiger partial charge on any atom is 0.227 e. The summed E-state index contributed by atoms with van der Waals surface area (Å²) >= 11 is 1.64. The first kappa shape index (κ1) is 16.2. The molecule has 4 nitrogen and oxygen atoms in total. The van der Waals surface area contributed by atoms with Crippen molar-refractivity contribution in [1.29, 1.82) is 0 Å². The van der Waals surface area contributed by atoms with E-state index >= 15 is 0 Å². The molecule has 0 bridgehead atoms. The van der Waals surface area contributed by atoms with Crippen molar-refractivity contribution < 1.29 is 14.3 Å². The van der Waals surface area contributed by atoms with E-state index < -0.39 is 0 Å². The van der Waals surface area contributed by atoms with Crippen LogP contribution < -0.4 is 14.8 Å². The lowest BCUT2D eigenvalue weighted by Crippen LogP contribution is -2.15. The van der Waals surface area contributed by atoms with E-state index in [4.69, 9.17) is 9.47 Å². The van der Waals surface area contributed by atoms with E-state index in [2.05, 4.69) is 5.32 Å². The van der Waals surface area contributed by atoms with Gasteiger partial charge in [0, 0.05) is 10.6 Å². The molecule has 5 heteroatoms. The van der Waals surface area contributed by atoms with Gasteiger partial charge in [-0.3, -0.25) is 4.79 Å². The van der Waals surface area contributed by atoms with E-state index in [-0.39, 0.29) is 5.91 Å². The molecule has 0 radical (unpaired) electrons. The molecular formula is C17H19NO3S. The number of thioether (sulfide) groups is 1. The maximum atomic E-state index is 11.9. The zero-order valence-corrected chi connectivity index (χ0v) is 13.5. The van der Waals surface area contributed by atoms with E-state index in [1.165, 1.54) is 0 Å². The van der Waals surface area contributed by atoms with Gasteiger partial charge >= 0.3 is 0 Å². The van der Waals surface area contributed by atoms with Crippen LogP contribution in [0.25, 0.3) is 0 Å². The molecule has 0 spiro atoms. The smallest absolute Gasteiger partial charge is 0.227 e. The summed E-state index contributed by atoms with van der Waals surface area (Å²) in [5.74, 6) is 1.43. The summed E-state index contributed by atoms with van der Waals surface area (Å²) in [6.45, 7) is 0.334. The minimum atomic E-state index is -0.0632. The van der Waals surface area contributed by atoms with Crippen LogP contribution >= 0.6 is 11.8 Å². The Bertz CT molecular complexity index is 614. The molecule has 0 saturated carbocycles. The molecule has 0 fully saturated rings. The first-order valence-electron chi connectivity index (χ1n) is 6.92. The minimum absolute atomic E-state index is 0.0632. The number of rotatable bonds is 7. The fourth-order valence-corrected chi connectivity index (χ4v) is 2.32. The second-order valence-electron chi connectivity index (χ2n) is 4.55. The van der Waals surface area contributed by atoms with Crippen molar-refractivity contribution >= 4 is 23.4 Å². The second kappa shape index (κ2) is 8.34. The number of nitrogens with one attached hydrogen (secondary N) is 1. The normalized spacial score (nSPS) is 10.1. The van der Waals surface area contributed by atoms with Gasteiger partial charge < -0.3 is 14.8 Å². The SMILES string of the molecule is COc1ccc(OCCC(=O)Nc2cccc(SC)c2)cc1. The van der Waals surface area contributed by atoms with Gasteiger partial charge in [0.1, 0.15) is 11.5 Å². The molecule has 2 aromatic rings. The van der Waals surface area contributed by atoms with E-state index in [1.807, 2.05) is 54.8 Å². The molecular weight excluding hydrogens is 298 g/mol. The van der Waals surface area contributed by atoms with Crippen molar-refractivity contribution in [3.05, 3.63) is 48.5 Å². The molecule has 0 saturated heterocycles. The first-order chi connectivity index (χ1) is 10.7. The average molecular weight is 317 g/mol. The van der Waals surface area contributed by atoms with Gasteiger partial charge in [-0.05, 0) is 48.7 Å². The fraction of sp³-hybridized carbons (Fsp3) is 0.235. The van der Waals surface area contributed by atoms with Crippen LogP contribution in [-0.2, 0) is 4.79 Å². The molecule has 1 N–H and O–H groups in total. The highest BCUT2D eigenvalue weighted by molar-refractivity contribution is 7.98. The topological polar surface area (TPSA) is 47.6 Å². The molecule has 0 atom stereocenters. The van der Waals surface area contributed by atoms with Crippen molar-refractivity contribution in [2.75, 3.05) is 25.3 Å². The summed E-state index contributed by atoms with van der Waals surface area (Å²) in [5, 5.41) is 2.87. The average Bonchev–Trinajstić information content (AvgIpc) is 2.55. The number of carbonyl (C=O) groups is 1. The van der Waals surface area contributed by atoms with Crippen molar-refractivity contribution in [2.45, 2.75) is 11.3 Å². The molecule has 0 aliphatic carbocycles. The highest BCUT2D eigenvalue weighted by Crippen LogP contribution is 2.19. The van der Waals surface area contributed by atoms with Gasteiger partial charge in [0.15, 0.2) is 0 Å². The summed E-state index contributed by atoms with van der Waals surface area (Å²) in [4.78, 5) is 13.0. The number of anilines is 1. The fourth-order valence-electron chi connectivity index (χ4n) is 1.86. The third-order valence-corrected chi connectivity index (χ3v) is 3.74. The van der Waals surface area contributed by atoms with E-state index in [0.717, 1.165) is 22.1 Å². The first-order valence-corrected chi connectivity index (χ1v) is 8.14. The minimum Gasteiger partial charge on any atom is -0.497 e. The Hall–Kier alpha value is -2.14. The largest absolute Gasteiger partial charge is 0.497 e. The Labute approximate surface area is 134 Å². The lowest BCUT2D eigenvalue weighted by atomic mass is 10.3. The Morgan fingerprint density at radius 1 is 1.14 bits per heavy atom. The van der Waals surface area contributed by atoms with Gasteiger partial charge in [-0.25, -0.2) is 0 Å². The Balaban J connectivity index is 1.77. The van der Waals surface area contributed by atoms with Gasteiger partial charge in [-0.2, -0.15) is 0 Å². The van der Waals surface area contributed by atoms with Gasteiger partial charge in [0.05, 0.1) is 20.1 Å². The molecule has 2 rings (SSSR count). The van der Waals surface area contributed by atoms with Crippen LogP contribution in [0.4, 0.5) is 5.69 Å². The number of methoxy groups -OCH3 is 1. The lowest BCUT2D eigenvalue weighted by Gasteiger charge is -2.08. The van der Waals surface area contributed by atoms with E-state index in [0.29, 0.717) is 13.0 Å². The quantitative estimate of drug-likeness (QED) is 0.789. The van der Waals surface area contributed by atoms with Crippen LogP contribution in [0.5, 0.6) is 11.5 Å². The van der Waals surface area contributed by atoms with Crippen molar-refractivity contribution in [3.8, 4) is 11.5 Å². The standard InChI is InChI=1S/C17H19NO3S/c1-20-14-6-8-15(9-7-14)21-11-10-17(19)18-13-4-3-5-16(12-13)22-2/h3-9,12H,10-11H2,1-2H3,(H,18,19). The number of amides is 1. The highest BCUT2D eigenvalue weighted by atomic mass is 32.2. The summed E-state index contributed by atoms with van der Waals surface area (Å²) in [5.41, 5.74) is 0.807. The van der Waals surface area contributed by atoms with Crippen LogP contribution in [0.15, 0.2) is 53.4 Å². The molecule has 0 aliphatic heterocycles. The van der Waals surface area contributed by atoms with Crippen molar-refractivity contribution in [3.63, 3.8) is 0 Å². The highest BCUT2D eigenvalue weighted by Gasteiger charge is 2.04. The number of hydrogen-bond acceptors (Lipinski definition) is 4. The molecule has 116 valence electrons. The summed E-state index contributed by atoms with van der Waals surface area (Å²) in [6.07, 6.45) is 2.30. The monoisotopic (exact) mass is 317 g/mol. The number of hydrogen-bond donors (Lipinski definition) is 1. The third kappa shape index (κ3) is 5.00. The zero-order valence-electron chi connectivity index (χ0n) is 12.7. The van der Waals surface area contributed by atoms with Gasteiger partial charge in [-0.15, -0.1) is 11.8 Å².